The topological polar surface area (TPSA) is 41.1 Å². The molecule has 0 aromatic heterocycles. The lowest BCUT2D eigenvalue weighted by Crippen LogP contribution is -2.29. The summed E-state index contributed by atoms with van der Waals surface area (Å²) < 4.78 is 27.1. The highest BCUT2D eigenvalue weighted by Crippen LogP contribution is 2.54. The van der Waals surface area contributed by atoms with Gasteiger partial charge in [-0.2, -0.15) is 0 Å². The molecule has 1 aliphatic heterocycles. The summed E-state index contributed by atoms with van der Waals surface area (Å²) in [4.78, 5) is 12.9. The Balaban J connectivity index is 1.51. The normalized spacial score (nSPS) is 21.4. The number of hydrogen-bond donors (Lipinski definition) is 2. The molecule has 2 aliphatic rings. The Kier molecular flexibility index (Phi) is 5.56. The van der Waals surface area contributed by atoms with Crippen LogP contribution in [0.25, 0.3) is 0 Å². The first-order chi connectivity index (χ1) is 15.4. The zero-order chi connectivity index (χ0) is 22.4. The zero-order valence-electron chi connectivity index (χ0n) is 17.0. The Morgan fingerprint density at radius 3 is 2.53 bits per heavy atom. The fourth-order valence-corrected chi connectivity index (χ4v) is 5.43. The Bertz CT molecular complexity index is 1200. The van der Waals surface area contributed by atoms with Crippen LogP contribution >= 0.6 is 23.2 Å². The van der Waals surface area contributed by atoms with E-state index < -0.39 is 17.5 Å². The maximum atomic E-state index is 13.7. The van der Waals surface area contributed by atoms with E-state index in [-0.39, 0.29) is 16.6 Å². The van der Waals surface area contributed by atoms with Gasteiger partial charge >= 0.3 is 0 Å². The summed E-state index contributed by atoms with van der Waals surface area (Å²) >= 11 is 12.1. The van der Waals surface area contributed by atoms with E-state index in [4.69, 9.17) is 23.2 Å². The van der Waals surface area contributed by atoms with Crippen molar-refractivity contribution in [2.24, 2.45) is 5.92 Å². The number of nitrogens with one attached hydrogen (secondary N) is 2. The molecule has 3 nitrogen and oxygen atoms in total. The second-order valence-corrected chi connectivity index (χ2v) is 9.19. The number of para-hydroxylation sites is 1. The van der Waals surface area contributed by atoms with Gasteiger partial charge in [-0.25, -0.2) is 8.78 Å². The third-order valence-corrected chi connectivity index (χ3v) is 7.09. The van der Waals surface area contributed by atoms with E-state index in [1.54, 1.807) is 6.07 Å². The van der Waals surface area contributed by atoms with Crippen LogP contribution in [0.1, 0.15) is 52.7 Å². The summed E-state index contributed by atoms with van der Waals surface area (Å²) in [5.74, 6) is -2.00. The van der Waals surface area contributed by atoms with Crippen molar-refractivity contribution in [1.82, 2.24) is 0 Å². The van der Waals surface area contributed by atoms with E-state index >= 15 is 0 Å². The number of amides is 1. The maximum absolute atomic E-state index is 13.7. The van der Waals surface area contributed by atoms with Crippen LogP contribution in [-0.4, -0.2) is 5.91 Å². The molecule has 1 amide bonds. The van der Waals surface area contributed by atoms with E-state index in [1.807, 2.05) is 30.3 Å². The monoisotopic (exact) mass is 472 g/mol. The van der Waals surface area contributed by atoms with Gasteiger partial charge < -0.3 is 10.6 Å². The molecule has 0 unspecified atom stereocenters. The third kappa shape index (κ3) is 3.74. The summed E-state index contributed by atoms with van der Waals surface area (Å²) in [5, 5.41) is 7.02. The summed E-state index contributed by atoms with van der Waals surface area (Å²) in [6.45, 7) is 0. The fraction of sp³-hybridized carbons (Fsp3) is 0.240. The second kappa shape index (κ2) is 8.38. The quantitative estimate of drug-likeness (QED) is 0.385. The Labute approximate surface area is 194 Å². The lowest BCUT2D eigenvalue weighted by molar-refractivity contribution is 0.102. The molecule has 1 heterocycles. The van der Waals surface area contributed by atoms with Crippen LogP contribution in [0.4, 0.5) is 20.2 Å². The smallest absolute Gasteiger partial charge is 0.257 e. The average molecular weight is 473 g/mol. The van der Waals surface area contributed by atoms with E-state index in [1.165, 1.54) is 0 Å². The highest BCUT2D eigenvalue weighted by atomic mass is 35.5. The van der Waals surface area contributed by atoms with Gasteiger partial charge in [0.15, 0.2) is 11.6 Å². The molecular weight excluding hydrogens is 453 g/mol. The summed E-state index contributed by atoms with van der Waals surface area (Å²) in [7, 11) is 0. The number of anilines is 2. The predicted octanol–water partition coefficient (Wildman–Crippen LogP) is 7.57. The number of rotatable bonds is 3. The second-order valence-electron chi connectivity index (χ2n) is 8.34. The minimum atomic E-state index is -1.12. The SMILES string of the molecule is O=C(Nc1cccc2c1N[C@@H](c1ccc(Cl)cc1)[C@@H]1CCC[C@H]21)c1cc(F)c(F)cc1Cl. The summed E-state index contributed by atoms with van der Waals surface area (Å²) in [6.07, 6.45) is 3.34. The fourth-order valence-electron chi connectivity index (χ4n) is 5.07. The van der Waals surface area contributed by atoms with Crippen LogP contribution in [0.2, 0.25) is 10.0 Å². The van der Waals surface area contributed by atoms with Gasteiger partial charge in [-0.15, -0.1) is 0 Å². The number of fused-ring (bicyclic) bond motifs is 3. The number of carbonyl (C=O) groups excluding carboxylic acids is 1. The first kappa shape index (κ1) is 21.2. The molecule has 3 atom stereocenters. The van der Waals surface area contributed by atoms with Crippen molar-refractivity contribution in [3.63, 3.8) is 0 Å². The molecule has 164 valence electrons. The number of halogens is 4. The molecular formula is C25H20Cl2F2N2O. The maximum Gasteiger partial charge on any atom is 0.257 e. The van der Waals surface area contributed by atoms with Crippen molar-refractivity contribution in [1.29, 1.82) is 0 Å². The molecule has 0 spiro atoms. The molecule has 2 N–H and O–H groups in total. The van der Waals surface area contributed by atoms with Gasteiger partial charge in [0.1, 0.15) is 0 Å². The Morgan fingerprint density at radius 2 is 1.75 bits per heavy atom. The Hall–Kier alpha value is -2.63. The average Bonchev–Trinajstić information content (AvgIpc) is 3.27. The lowest BCUT2D eigenvalue weighted by atomic mass is 9.77. The first-order valence-electron chi connectivity index (χ1n) is 10.5. The Morgan fingerprint density at radius 1 is 1.00 bits per heavy atom. The van der Waals surface area contributed by atoms with Crippen LogP contribution in [0.5, 0.6) is 0 Å². The molecule has 7 heteroatoms. The van der Waals surface area contributed by atoms with Crippen LogP contribution in [0, 0.1) is 17.6 Å². The summed E-state index contributed by atoms with van der Waals surface area (Å²) in [5.41, 5.74) is 3.61. The van der Waals surface area contributed by atoms with Gasteiger partial charge in [-0.05, 0) is 66.1 Å². The van der Waals surface area contributed by atoms with Gasteiger partial charge in [0.05, 0.1) is 28.0 Å². The van der Waals surface area contributed by atoms with E-state index in [9.17, 15) is 13.6 Å². The van der Waals surface area contributed by atoms with Crippen molar-refractivity contribution in [3.05, 3.63) is 93.0 Å². The molecule has 32 heavy (non-hydrogen) atoms. The van der Waals surface area contributed by atoms with E-state index in [2.05, 4.69) is 16.7 Å². The van der Waals surface area contributed by atoms with Crippen molar-refractivity contribution < 1.29 is 13.6 Å². The van der Waals surface area contributed by atoms with E-state index in [0.717, 1.165) is 48.2 Å². The largest absolute Gasteiger partial charge is 0.376 e. The van der Waals surface area contributed by atoms with Crippen molar-refractivity contribution in [3.8, 4) is 0 Å². The van der Waals surface area contributed by atoms with E-state index in [0.29, 0.717) is 22.5 Å². The molecule has 3 aromatic carbocycles. The number of hydrogen-bond acceptors (Lipinski definition) is 2. The predicted molar refractivity (Wildman–Crippen MR) is 124 cm³/mol. The van der Waals surface area contributed by atoms with Crippen LogP contribution in [0.3, 0.4) is 0 Å². The highest BCUT2D eigenvalue weighted by Gasteiger charge is 2.41. The molecule has 0 radical (unpaired) electrons. The molecule has 1 saturated carbocycles. The van der Waals surface area contributed by atoms with Gasteiger partial charge in [0.25, 0.3) is 5.91 Å². The van der Waals surface area contributed by atoms with Gasteiger partial charge in [0, 0.05) is 5.02 Å². The van der Waals surface area contributed by atoms with Crippen LogP contribution in [0.15, 0.2) is 54.6 Å². The standard InChI is InChI=1S/C25H20Cl2F2N2O/c26-14-9-7-13(8-10-14)23-16-4-1-3-15(16)17-5-2-6-22(24(17)31-23)30-25(32)18-11-20(28)21(29)12-19(18)27/h2,5-12,15-16,23,31H,1,3-4H2,(H,30,32)/t15-,16+,23-/m0/s1. The van der Waals surface area contributed by atoms with Crippen LogP contribution in [-0.2, 0) is 0 Å². The number of carbonyl (C=O) groups is 1. The first-order valence-corrected chi connectivity index (χ1v) is 11.3. The van der Waals surface area contributed by atoms with Gasteiger partial charge in [-0.1, -0.05) is 53.9 Å². The minimum absolute atomic E-state index is 0.0807. The zero-order valence-corrected chi connectivity index (χ0v) is 18.5. The van der Waals surface area contributed by atoms with Crippen LogP contribution < -0.4 is 10.6 Å². The van der Waals surface area contributed by atoms with Gasteiger partial charge in [-0.3, -0.25) is 4.79 Å². The lowest BCUT2D eigenvalue weighted by Gasteiger charge is -2.38. The third-order valence-electron chi connectivity index (χ3n) is 6.53. The van der Waals surface area contributed by atoms with Crippen molar-refractivity contribution >= 4 is 40.5 Å². The number of benzene rings is 3. The minimum Gasteiger partial charge on any atom is -0.376 e. The molecule has 0 bridgehead atoms. The summed E-state index contributed by atoms with van der Waals surface area (Å²) in [6, 6.07) is 15.3. The van der Waals surface area contributed by atoms with Crippen molar-refractivity contribution in [2.45, 2.75) is 31.2 Å². The molecule has 5 rings (SSSR count). The molecule has 0 saturated heterocycles. The highest BCUT2D eigenvalue weighted by molar-refractivity contribution is 6.34. The molecule has 3 aromatic rings. The van der Waals surface area contributed by atoms with Crippen molar-refractivity contribution in [2.75, 3.05) is 10.6 Å². The molecule has 1 aliphatic carbocycles. The van der Waals surface area contributed by atoms with Gasteiger partial charge in [0.2, 0.25) is 0 Å². The molecule has 1 fully saturated rings.